The van der Waals surface area contributed by atoms with Crippen molar-refractivity contribution in [2.24, 2.45) is 0 Å². The van der Waals surface area contributed by atoms with Crippen molar-refractivity contribution in [1.29, 1.82) is 0 Å². The Labute approximate surface area is 196 Å². The monoisotopic (exact) mass is 481 g/mol. The molecule has 6 nitrogen and oxygen atoms in total. The highest BCUT2D eigenvalue weighted by molar-refractivity contribution is 7.99. The zero-order chi connectivity index (χ0) is 22.4. The van der Waals surface area contributed by atoms with Gasteiger partial charge in [-0.2, -0.15) is 0 Å². The number of benzene rings is 2. The highest BCUT2D eigenvalue weighted by atomic mass is 35.5. The average molecular weight is 482 g/mol. The number of hydrogen-bond acceptors (Lipinski definition) is 7. The number of nitrogens with zero attached hydrogens (tertiary/aromatic N) is 3. The summed E-state index contributed by atoms with van der Waals surface area (Å²) in [7, 11) is 4.02. The maximum atomic E-state index is 10.3. The second-order valence-electron chi connectivity index (χ2n) is 7.11. The minimum Gasteiger partial charge on any atom is -0.508 e. The predicted molar refractivity (Wildman–Crippen MR) is 127 cm³/mol. The van der Waals surface area contributed by atoms with E-state index in [9.17, 15) is 5.11 Å². The number of thioether (sulfide) groups is 1. The first kappa shape index (κ1) is 23.7. The van der Waals surface area contributed by atoms with Gasteiger partial charge in [0.25, 0.3) is 0 Å². The molecule has 0 aliphatic heterocycles. The minimum absolute atomic E-state index is 0.190. The summed E-state index contributed by atoms with van der Waals surface area (Å²) >= 11 is 14.4. The van der Waals surface area contributed by atoms with Crippen LogP contribution in [0.3, 0.4) is 0 Å². The molecule has 0 fully saturated rings. The van der Waals surface area contributed by atoms with Crippen molar-refractivity contribution in [3.8, 4) is 23.0 Å². The van der Waals surface area contributed by atoms with Crippen LogP contribution in [-0.2, 0) is 0 Å². The van der Waals surface area contributed by atoms with Gasteiger partial charge in [0, 0.05) is 17.7 Å². The van der Waals surface area contributed by atoms with Gasteiger partial charge < -0.3 is 19.2 Å². The molecule has 0 saturated heterocycles. The number of phenols is 1. The van der Waals surface area contributed by atoms with Gasteiger partial charge in [-0.25, -0.2) is 0 Å². The van der Waals surface area contributed by atoms with Crippen LogP contribution in [0, 0.1) is 0 Å². The van der Waals surface area contributed by atoms with E-state index < -0.39 is 0 Å². The number of aromatic nitrogens is 2. The van der Waals surface area contributed by atoms with Gasteiger partial charge in [-0.15, -0.1) is 22.0 Å². The highest BCUT2D eigenvalue weighted by Crippen LogP contribution is 2.41. The molecule has 1 N–H and O–H groups in total. The minimum atomic E-state index is -0.280. The van der Waals surface area contributed by atoms with Crippen molar-refractivity contribution in [3.63, 3.8) is 0 Å². The van der Waals surface area contributed by atoms with Gasteiger partial charge in [0.2, 0.25) is 11.8 Å². The second-order valence-corrected chi connectivity index (χ2v) is 9.31. The molecule has 3 rings (SSSR count). The normalized spacial score (nSPS) is 12.3. The van der Waals surface area contributed by atoms with E-state index in [4.69, 9.17) is 32.4 Å². The van der Waals surface area contributed by atoms with Crippen molar-refractivity contribution < 1.29 is 14.3 Å². The average Bonchev–Trinajstić information content (AvgIpc) is 3.21. The van der Waals surface area contributed by atoms with Crippen LogP contribution in [0.2, 0.25) is 10.0 Å². The van der Waals surface area contributed by atoms with Crippen LogP contribution in [0.5, 0.6) is 11.5 Å². The molecule has 0 aliphatic rings. The Morgan fingerprint density at radius 3 is 2.52 bits per heavy atom. The van der Waals surface area contributed by atoms with Gasteiger partial charge >= 0.3 is 0 Å². The van der Waals surface area contributed by atoms with Crippen molar-refractivity contribution >= 4 is 35.0 Å². The second kappa shape index (κ2) is 11.1. The van der Waals surface area contributed by atoms with Gasteiger partial charge in [-0.1, -0.05) is 48.3 Å². The SMILES string of the molecule is CCSC(c1nnc(-c2cc(Cl)c(OCCCN(C)C)c(Cl)c2)o1)c1ccccc1O. The van der Waals surface area contributed by atoms with E-state index in [1.807, 2.05) is 33.2 Å². The third kappa shape index (κ3) is 6.07. The molecule has 0 radical (unpaired) electrons. The van der Waals surface area contributed by atoms with E-state index in [1.54, 1.807) is 36.0 Å². The zero-order valence-corrected chi connectivity index (χ0v) is 20.0. The van der Waals surface area contributed by atoms with Crippen LogP contribution in [0.1, 0.15) is 30.0 Å². The van der Waals surface area contributed by atoms with Crippen LogP contribution < -0.4 is 4.74 Å². The summed E-state index contributed by atoms with van der Waals surface area (Å²) in [6.45, 7) is 3.45. The standard InChI is InChI=1S/C22H25Cl2N3O3S/c1-4-31-20(15-8-5-6-9-18(15)28)22-26-25-21(30-22)14-12-16(23)19(17(24)13-14)29-11-7-10-27(2)3/h5-6,8-9,12-13,20,28H,4,7,10-11H2,1-3H3. The smallest absolute Gasteiger partial charge is 0.247 e. The first-order chi connectivity index (χ1) is 14.9. The Hall–Kier alpha value is -1.93. The number of halogens is 2. The Kier molecular flexibility index (Phi) is 8.49. The van der Waals surface area contributed by atoms with Crippen molar-refractivity contribution in [2.75, 3.05) is 33.0 Å². The lowest BCUT2D eigenvalue weighted by molar-refractivity contribution is 0.282. The molecule has 0 saturated carbocycles. The van der Waals surface area contributed by atoms with Crippen LogP contribution in [0.25, 0.3) is 11.5 Å². The summed E-state index contributed by atoms with van der Waals surface area (Å²) in [5.74, 6) is 2.15. The number of para-hydroxylation sites is 1. The van der Waals surface area contributed by atoms with Crippen LogP contribution >= 0.6 is 35.0 Å². The van der Waals surface area contributed by atoms with Crippen LogP contribution in [0.4, 0.5) is 0 Å². The van der Waals surface area contributed by atoms with Crippen LogP contribution in [-0.4, -0.2) is 53.2 Å². The summed E-state index contributed by atoms with van der Waals surface area (Å²) in [5.41, 5.74) is 1.33. The fourth-order valence-electron chi connectivity index (χ4n) is 3.00. The molecule has 1 atom stereocenters. The number of aromatic hydroxyl groups is 1. The van der Waals surface area contributed by atoms with E-state index in [-0.39, 0.29) is 11.0 Å². The van der Waals surface area contributed by atoms with E-state index in [2.05, 4.69) is 15.1 Å². The van der Waals surface area contributed by atoms with E-state index >= 15 is 0 Å². The van der Waals surface area contributed by atoms with Crippen molar-refractivity contribution in [1.82, 2.24) is 15.1 Å². The summed E-state index contributed by atoms with van der Waals surface area (Å²) in [6, 6.07) is 10.5. The van der Waals surface area contributed by atoms with Gasteiger partial charge in [-0.3, -0.25) is 0 Å². The Bertz CT molecular complexity index is 990. The number of ether oxygens (including phenoxy) is 1. The summed E-state index contributed by atoms with van der Waals surface area (Å²) in [5, 5.41) is 19.1. The maximum absolute atomic E-state index is 10.3. The van der Waals surface area contributed by atoms with Gasteiger partial charge in [-0.05, 0) is 44.5 Å². The molecule has 1 heterocycles. The fraction of sp³-hybridized carbons (Fsp3) is 0.364. The molecular formula is C22H25Cl2N3O3S. The molecule has 0 amide bonds. The maximum Gasteiger partial charge on any atom is 0.247 e. The van der Waals surface area contributed by atoms with Crippen LogP contribution in [0.15, 0.2) is 40.8 Å². The first-order valence-corrected chi connectivity index (χ1v) is 11.7. The molecular weight excluding hydrogens is 457 g/mol. The number of phenolic OH excluding ortho intramolecular Hbond substituents is 1. The summed E-state index contributed by atoms with van der Waals surface area (Å²) in [4.78, 5) is 2.09. The molecule has 3 aromatic rings. The number of rotatable bonds is 10. The van der Waals surface area contributed by atoms with Gasteiger partial charge in [0.1, 0.15) is 11.0 Å². The highest BCUT2D eigenvalue weighted by Gasteiger charge is 2.24. The molecule has 2 aromatic carbocycles. The molecule has 1 unspecified atom stereocenters. The lowest BCUT2D eigenvalue weighted by atomic mass is 10.1. The largest absolute Gasteiger partial charge is 0.508 e. The lowest BCUT2D eigenvalue weighted by Gasteiger charge is -2.13. The molecule has 166 valence electrons. The molecule has 0 aliphatic carbocycles. The van der Waals surface area contributed by atoms with Crippen molar-refractivity contribution in [2.45, 2.75) is 18.6 Å². The molecule has 31 heavy (non-hydrogen) atoms. The molecule has 0 bridgehead atoms. The van der Waals surface area contributed by atoms with E-state index in [0.29, 0.717) is 39.7 Å². The summed E-state index contributed by atoms with van der Waals surface area (Å²) < 4.78 is 11.7. The third-order valence-electron chi connectivity index (χ3n) is 4.46. The van der Waals surface area contributed by atoms with Gasteiger partial charge in [0.15, 0.2) is 5.75 Å². The molecule has 0 spiro atoms. The Balaban J connectivity index is 1.82. The quantitative estimate of drug-likeness (QED) is 0.360. The molecule has 9 heteroatoms. The van der Waals surface area contributed by atoms with Gasteiger partial charge in [0.05, 0.1) is 16.7 Å². The Morgan fingerprint density at radius 2 is 1.87 bits per heavy atom. The summed E-state index contributed by atoms with van der Waals surface area (Å²) in [6.07, 6.45) is 0.858. The predicted octanol–water partition coefficient (Wildman–Crippen LogP) is 5.92. The van der Waals surface area contributed by atoms with E-state index in [0.717, 1.165) is 24.3 Å². The lowest BCUT2D eigenvalue weighted by Crippen LogP contribution is -2.15. The van der Waals surface area contributed by atoms with Crippen molar-refractivity contribution in [3.05, 3.63) is 57.9 Å². The topological polar surface area (TPSA) is 71.6 Å². The number of hydrogen-bond donors (Lipinski definition) is 1. The first-order valence-electron chi connectivity index (χ1n) is 9.90. The van der Waals surface area contributed by atoms with E-state index in [1.165, 1.54) is 0 Å². The Morgan fingerprint density at radius 1 is 1.16 bits per heavy atom. The molecule has 1 aromatic heterocycles. The zero-order valence-electron chi connectivity index (χ0n) is 17.6. The third-order valence-corrected chi connectivity index (χ3v) is 6.14. The fourth-order valence-corrected chi connectivity index (χ4v) is 4.55.